The van der Waals surface area contributed by atoms with Crippen molar-refractivity contribution in [3.63, 3.8) is 0 Å². The Hall–Kier alpha value is -0.710. The van der Waals surface area contributed by atoms with E-state index >= 15 is 0 Å². The van der Waals surface area contributed by atoms with Gasteiger partial charge in [0.2, 0.25) is 5.91 Å². The highest BCUT2D eigenvalue weighted by molar-refractivity contribution is 7.99. The predicted molar refractivity (Wildman–Crippen MR) is 80.5 cm³/mol. The Balaban J connectivity index is 4.14. The van der Waals surface area contributed by atoms with Gasteiger partial charge in [-0.05, 0) is 25.0 Å². The van der Waals surface area contributed by atoms with Crippen LogP contribution in [-0.4, -0.2) is 34.0 Å². The van der Waals surface area contributed by atoms with Crippen LogP contribution in [0.2, 0.25) is 0 Å². The zero-order valence-electron chi connectivity index (χ0n) is 12.5. The number of hydrogen-bond donors (Lipinski definition) is 2. The van der Waals surface area contributed by atoms with Gasteiger partial charge in [0.1, 0.15) is 0 Å². The molecule has 1 atom stereocenters. The summed E-state index contributed by atoms with van der Waals surface area (Å²) >= 11 is 1.78. The van der Waals surface area contributed by atoms with Gasteiger partial charge in [-0.2, -0.15) is 11.8 Å². The van der Waals surface area contributed by atoms with Crippen LogP contribution < -0.4 is 5.32 Å². The molecule has 19 heavy (non-hydrogen) atoms. The van der Waals surface area contributed by atoms with Crippen molar-refractivity contribution in [2.75, 3.05) is 11.5 Å². The number of carbonyl (C=O) groups excluding carboxylic acids is 1. The van der Waals surface area contributed by atoms with E-state index in [9.17, 15) is 9.59 Å². The van der Waals surface area contributed by atoms with Crippen molar-refractivity contribution >= 4 is 23.6 Å². The molecule has 0 aromatic heterocycles. The van der Waals surface area contributed by atoms with Crippen LogP contribution in [0.15, 0.2) is 0 Å². The minimum atomic E-state index is -0.881. The molecule has 0 saturated carbocycles. The quantitative estimate of drug-likeness (QED) is 0.607. The van der Waals surface area contributed by atoms with Gasteiger partial charge in [0.05, 0.1) is 6.42 Å². The number of thioether (sulfide) groups is 1. The molecule has 0 spiro atoms. The third-order valence-corrected chi connectivity index (χ3v) is 4.40. The van der Waals surface area contributed by atoms with Crippen molar-refractivity contribution in [3.05, 3.63) is 0 Å². The fourth-order valence-corrected chi connectivity index (χ4v) is 2.63. The molecule has 0 fully saturated rings. The van der Waals surface area contributed by atoms with Crippen molar-refractivity contribution in [1.82, 2.24) is 5.32 Å². The molecular formula is C14H27NO3S. The van der Waals surface area contributed by atoms with Gasteiger partial charge in [-0.15, -0.1) is 0 Å². The van der Waals surface area contributed by atoms with Gasteiger partial charge in [0.25, 0.3) is 0 Å². The number of amides is 1. The van der Waals surface area contributed by atoms with Crippen molar-refractivity contribution in [2.24, 2.45) is 5.92 Å². The summed E-state index contributed by atoms with van der Waals surface area (Å²) in [5, 5.41) is 11.8. The molecule has 0 rings (SSSR count). The third kappa shape index (κ3) is 8.14. The summed E-state index contributed by atoms with van der Waals surface area (Å²) in [6, 6.07) is 0. The van der Waals surface area contributed by atoms with Gasteiger partial charge in [-0.3, -0.25) is 9.59 Å². The van der Waals surface area contributed by atoms with E-state index in [1.54, 1.807) is 18.7 Å². The summed E-state index contributed by atoms with van der Waals surface area (Å²) < 4.78 is 0. The van der Waals surface area contributed by atoms with Gasteiger partial charge in [0.15, 0.2) is 0 Å². The normalized spacial score (nSPS) is 14.2. The molecule has 0 radical (unpaired) electrons. The first kappa shape index (κ1) is 18.3. The van der Waals surface area contributed by atoms with Crippen LogP contribution in [0.5, 0.6) is 0 Å². The maximum absolute atomic E-state index is 11.9. The largest absolute Gasteiger partial charge is 0.481 e. The van der Waals surface area contributed by atoms with E-state index in [0.29, 0.717) is 6.42 Å². The van der Waals surface area contributed by atoms with E-state index in [4.69, 9.17) is 5.11 Å². The maximum Gasteiger partial charge on any atom is 0.305 e. The molecule has 0 aromatic carbocycles. The number of unbranched alkanes of at least 4 members (excludes halogenated alkanes) is 1. The Morgan fingerprint density at radius 3 is 2.42 bits per heavy atom. The van der Waals surface area contributed by atoms with Gasteiger partial charge in [-0.1, -0.05) is 27.2 Å². The second-order valence-electron chi connectivity index (χ2n) is 5.41. The average Bonchev–Trinajstić information content (AvgIpc) is 2.27. The highest BCUT2D eigenvalue weighted by Gasteiger charge is 2.32. The first-order valence-corrected chi connectivity index (χ1v) is 8.08. The molecule has 0 saturated heterocycles. The Bertz CT molecular complexity index is 294. The minimum absolute atomic E-state index is 0.0423. The summed E-state index contributed by atoms with van der Waals surface area (Å²) in [6.45, 7) is 7.81. The van der Waals surface area contributed by atoms with Crippen LogP contribution in [0.4, 0.5) is 0 Å². The van der Waals surface area contributed by atoms with Gasteiger partial charge in [-0.25, -0.2) is 0 Å². The molecule has 0 aliphatic heterocycles. The SMILES string of the molecule is CCCCSCCC(=O)NC(C)(CC(=O)O)C(C)C. The second-order valence-corrected chi connectivity index (χ2v) is 6.63. The molecule has 0 aliphatic rings. The first-order chi connectivity index (χ1) is 8.81. The van der Waals surface area contributed by atoms with E-state index in [-0.39, 0.29) is 18.2 Å². The van der Waals surface area contributed by atoms with E-state index in [1.807, 2.05) is 13.8 Å². The lowest BCUT2D eigenvalue weighted by Crippen LogP contribution is -2.51. The molecule has 5 heteroatoms. The first-order valence-electron chi connectivity index (χ1n) is 6.92. The van der Waals surface area contributed by atoms with Gasteiger partial charge in [0, 0.05) is 17.7 Å². The number of aliphatic carboxylic acids is 1. The highest BCUT2D eigenvalue weighted by Crippen LogP contribution is 2.21. The number of carboxylic acids is 1. The number of nitrogens with one attached hydrogen (secondary N) is 1. The number of hydrogen-bond acceptors (Lipinski definition) is 3. The molecule has 1 unspecified atom stereocenters. The lowest BCUT2D eigenvalue weighted by molar-refractivity contribution is -0.139. The molecule has 112 valence electrons. The van der Waals surface area contributed by atoms with E-state index in [0.717, 1.165) is 11.5 Å². The molecule has 4 nitrogen and oxygen atoms in total. The summed E-state index contributed by atoms with van der Waals surface area (Å²) in [6.07, 6.45) is 2.76. The smallest absolute Gasteiger partial charge is 0.305 e. The Morgan fingerprint density at radius 2 is 1.95 bits per heavy atom. The van der Waals surface area contributed by atoms with Gasteiger partial charge < -0.3 is 10.4 Å². The second kappa shape index (κ2) is 9.23. The standard InChI is InChI=1S/C14H27NO3S/c1-5-6-8-19-9-7-12(16)15-14(4,11(2)3)10-13(17)18/h11H,5-10H2,1-4H3,(H,15,16)(H,17,18). The molecule has 0 bridgehead atoms. The summed E-state index contributed by atoms with van der Waals surface area (Å²) in [4.78, 5) is 22.7. The molecule has 2 N–H and O–H groups in total. The number of carboxylic acid groups (broad SMARTS) is 1. The fraction of sp³-hybridized carbons (Fsp3) is 0.857. The predicted octanol–water partition coefficient (Wildman–Crippen LogP) is 2.92. The van der Waals surface area contributed by atoms with Crippen molar-refractivity contribution < 1.29 is 14.7 Å². The van der Waals surface area contributed by atoms with E-state index in [2.05, 4.69) is 12.2 Å². The average molecular weight is 289 g/mol. The summed E-state index contributed by atoms with van der Waals surface area (Å²) in [5.74, 6) is 1.03. The molecular weight excluding hydrogens is 262 g/mol. The monoisotopic (exact) mass is 289 g/mol. The number of carbonyl (C=O) groups is 2. The Labute approximate surface area is 120 Å². The molecule has 0 aliphatic carbocycles. The summed E-state index contributed by atoms with van der Waals surface area (Å²) in [7, 11) is 0. The van der Waals surface area contributed by atoms with E-state index < -0.39 is 11.5 Å². The van der Waals surface area contributed by atoms with Crippen LogP contribution in [0.3, 0.4) is 0 Å². The van der Waals surface area contributed by atoms with Crippen LogP contribution in [0, 0.1) is 5.92 Å². The molecule has 0 heterocycles. The fourth-order valence-electron chi connectivity index (χ4n) is 1.60. The molecule has 0 aromatic rings. The third-order valence-electron chi connectivity index (χ3n) is 3.33. The van der Waals surface area contributed by atoms with E-state index in [1.165, 1.54) is 12.8 Å². The van der Waals surface area contributed by atoms with Gasteiger partial charge >= 0.3 is 5.97 Å². The Kier molecular flexibility index (Phi) is 8.89. The topological polar surface area (TPSA) is 66.4 Å². The zero-order chi connectivity index (χ0) is 14.9. The lowest BCUT2D eigenvalue weighted by Gasteiger charge is -2.33. The minimum Gasteiger partial charge on any atom is -0.481 e. The molecule has 1 amide bonds. The zero-order valence-corrected chi connectivity index (χ0v) is 13.3. The summed E-state index contributed by atoms with van der Waals surface area (Å²) in [5.41, 5.74) is -0.670. The highest BCUT2D eigenvalue weighted by atomic mass is 32.2. The van der Waals surface area contributed by atoms with Crippen molar-refractivity contribution in [3.8, 4) is 0 Å². The van der Waals surface area contributed by atoms with Crippen LogP contribution in [0.1, 0.15) is 53.4 Å². The van der Waals surface area contributed by atoms with Crippen LogP contribution in [0.25, 0.3) is 0 Å². The van der Waals surface area contributed by atoms with Crippen molar-refractivity contribution in [1.29, 1.82) is 0 Å². The van der Waals surface area contributed by atoms with Crippen molar-refractivity contribution in [2.45, 2.75) is 58.9 Å². The lowest BCUT2D eigenvalue weighted by atomic mass is 9.85. The Morgan fingerprint density at radius 1 is 1.32 bits per heavy atom. The number of rotatable bonds is 10. The van der Waals surface area contributed by atoms with Crippen LogP contribution in [-0.2, 0) is 9.59 Å². The van der Waals surface area contributed by atoms with Crippen LogP contribution >= 0.6 is 11.8 Å². The maximum atomic E-state index is 11.9.